The van der Waals surface area contributed by atoms with Gasteiger partial charge in [-0.15, -0.1) is 0 Å². The number of anilines is 1. The SMILES string of the molecule is C=C(N)PC(C)C(=C)N1CCC[C@H]1C(=C)Nc1ccc(C)cc1C. The molecule has 3 nitrogen and oxygen atoms in total. The van der Waals surface area contributed by atoms with E-state index in [0.717, 1.165) is 41.9 Å². The third-order valence-corrected chi connectivity index (χ3v) is 5.74. The predicted octanol–water partition coefficient (Wildman–Crippen LogP) is 4.70. The lowest BCUT2D eigenvalue weighted by atomic mass is 10.1. The van der Waals surface area contributed by atoms with Gasteiger partial charge in [-0.05, 0) is 38.3 Å². The maximum Gasteiger partial charge on any atom is 0.0683 e. The molecule has 1 aromatic rings. The van der Waals surface area contributed by atoms with E-state index in [9.17, 15) is 0 Å². The van der Waals surface area contributed by atoms with Crippen LogP contribution in [0.1, 0.15) is 30.9 Å². The van der Waals surface area contributed by atoms with Crippen LogP contribution in [-0.4, -0.2) is 23.1 Å². The molecule has 0 spiro atoms. The zero-order valence-electron chi connectivity index (χ0n) is 15.2. The Hall–Kier alpha value is -1.73. The maximum absolute atomic E-state index is 5.78. The Bertz CT molecular complexity index is 650. The standard InChI is InChI=1S/C20H30N3P/c1-13-9-10-19(14(2)12-13)22-15(3)20-8-7-11-23(20)16(4)17(5)24-18(6)21/h9-10,12,17,20,22,24H,3-4,6-8,11,21H2,1-2,5H3/t17?,20-/m0/s1. The van der Waals surface area contributed by atoms with Gasteiger partial charge in [0.1, 0.15) is 0 Å². The summed E-state index contributed by atoms with van der Waals surface area (Å²) >= 11 is 0. The molecule has 0 radical (unpaired) electrons. The van der Waals surface area contributed by atoms with Gasteiger partial charge in [-0.3, -0.25) is 0 Å². The second-order valence-electron chi connectivity index (χ2n) is 6.70. The molecule has 0 aliphatic carbocycles. The highest BCUT2D eigenvalue weighted by atomic mass is 31.1. The van der Waals surface area contributed by atoms with Crippen LogP contribution in [0.4, 0.5) is 5.69 Å². The number of aryl methyl sites for hydroxylation is 2. The van der Waals surface area contributed by atoms with E-state index >= 15 is 0 Å². The number of allylic oxidation sites excluding steroid dienone is 1. The fourth-order valence-corrected chi connectivity index (χ4v) is 4.18. The van der Waals surface area contributed by atoms with E-state index in [-0.39, 0.29) is 6.04 Å². The highest BCUT2D eigenvalue weighted by Crippen LogP contribution is 2.35. The number of nitrogens with two attached hydrogens (primary N) is 1. The van der Waals surface area contributed by atoms with Crippen LogP contribution in [0.5, 0.6) is 0 Å². The minimum atomic E-state index is 0.288. The molecule has 1 aromatic carbocycles. The van der Waals surface area contributed by atoms with Crippen LogP contribution in [0.2, 0.25) is 0 Å². The number of hydrogen-bond donors (Lipinski definition) is 2. The van der Waals surface area contributed by atoms with E-state index in [2.05, 4.69) is 68.9 Å². The highest BCUT2D eigenvalue weighted by molar-refractivity contribution is 7.44. The molecule has 1 fully saturated rings. The van der Waals surface area contributed by atoms with Gasteiger partial charge >= 0.3 is 0 Å². The van der Waals surface area contributed by atoms with Gasteiger partial charge in [-0.1, -0.05) is 52.9 Å². The maximum atomic E-state index is 5.78. The zero-order chi connectivity index (χ0) is 17.9. The van der Waals surface area contributed by atoms with Gasteiger partial charge in [0.05, 0.1) is 6.04 Å². The lowest BCUT2D eigenvalue weighted by Crippen LogP contribution is -2.34. The second-order valence-corrected chi connectivity index (χ2v) is 8.50. The van der Waals surface area contributed by atoms with E-state index < -0.39 is 0 Å². The number of hydrogen-bond acceptors (Lipinski definition) is 3. The lowest BCUT2D eigenvalue weighted by molar-refractivity contribution is 0.349. The van der Waals surface area contributed by atoms with Crippen molar-refractivity contribution in [2.75, 3.05) is 11.9 Å². The topological polar surface area (TPSA) is 41.3 Å². The molecule has 3 atom stereocenters. The number of benzene rings is 1. The Labute approximate surface area is 148 Å². The number of rotatable bonds is 7. The Balaban J connectivity index is 2.07. The van der Waals surface area contributed by atoms with E-state index in [1.54, 1.807) is 0 Å². The Kier molecular flexibility index (Phi) is 6.12. The molecule has 0 amide bonds. The van der Waals surface area contributed by atoms with Gasteiger partial charge in [0.2, 0.25) is 0 Å². The first-order valence-corrected chi connectivity index (χ1v) is 9.56. The summed E-state index contributed by atoms with van der Waals surface area (Å²) < 4.78 is 0. The average Bonchev–Trinajstić information content (AvgIpc) is 2.98. The molecule has 24 heavy (non-hydrogen) atoms. The zero-order valence-corrected chi connectivity index (χ0v) is 16.2. The molecule has 1 saturated heterocycles. The number of nitrogens with one attached hydrogen (secondary N) is 1. The molecule has 0 bridgehead atoms. The minimum Gasteiger partial charge on any atom is -0.399 e. The first-order valence-electron chi connectivity index (χ1n) is 8.49. The van der Waals surface area contributed by atoms with Gasteiger partial charge in [-0.25, -0.2) is 0 Å². The lowest BCUT2D eigenvalue weighted by Gasteiger charge is -2.33. The summed E-state index contributed by atoms with van der Waals surface area (Å²) in [6.45, 7) is 19.9. The minimum absolute atomic E-state index is 0.288. The van der Waals surface area contributed by atoms with Gasteiger partial charge < -0.3 is 16.0 Å². The molecule has 4 heteroatoms. The van der Waals surface area contributed by atoms with Crippen molar-refractivity contribution in [2.24, 2.45) is 5.73 Å². The van der Waals surface area contributed by atoms with Gasteiger partial charge in [0.15, 0.2) is 0 Å². The second kappa shape index (κ2) is 7.90. The van der Waals surface area contributed by atoms with Crippen LogP contribution in [0.15, 0.2) is 54.8 Å². The predicted molar refractivity (Wildman–Crippen MR) is 109 cm³/mol. The molecule has 130 valence electrons. The molecule has 3 N–H and O–H groups in total. The van der Waals surface area contributed by atoms with E-state index in [1.807, 2.05) is 0 Å². The summed E-state index contributed by atoms with van der Waals surface area (Å²) in [6.07, 6.45) is 2.27. The Morgan fingerprint density at radius 3 is 2.67 bits per heavy atom. The van der Waals surface area contributed by atoms with E-state index in [0.29, 0.717) is 14.2 Å². The average molecular weight is 343 g/mol. The fraction of sp³-hybridized carbons (Fsp3) is 0.400. The van der Waals surface area contributed by atoms with Gasteiger partial charge in [0, 0.05) is 34.7 Å². The first kappa shape index (κ1) is 18.6. The van der Waals surface area contributed by atoms with E-state index in [4.69, 9.17) is 5.73 Å². The molecule has 0 saturated carbocycles. The van der Waals surface area contributed by atoms with Crippen molar-refractivity contribution in [3.05, 3.63) is 65.9 Å². The van der Waals surface area contributed by atoms with Crippen molar-refractivity contribution in [1.29, 1.82) is 0 Å². The van der Waals surface area contributed by atoms with Crippen LogP contribution < -0.4 is 11.1 Å². The van der Waals surface area contributed by atoms with Crippen LogP contribution in [0, 0.1) is 13.8 Å². The largest absolute Gasteiger partial charge is 0.399 e. The number of likely N-dealkylation sites (tertiary alicyclic amines) is 1. The van der Waals surface area contributed by atoms with E-state index in [1.165, 1.54) is 11.1 Å². The Morgan fingerprint density at radius 2 is 2.04 bits per heavy atom. The molecule has 2 rings (SSSR count). The smallest absolute Gasteiger partial charge is 0.0683 e. The van der Waals surface area contributed by atoms with Gasteiger partial charge in [0.25, 0.3) is 0 Å². The summed E-state index contributed by atoms with van der Waals surface area (Å²) in [6, 6.07) is 6.74. The highest BCUT2D eigenvalue weighted by Gasteiger charge is 2.29. The van der Waals surface area contributed by atoms with Crippen molar-refractivity contribution in [1.82, 2.24) is 4.90 Å². The summed E-state index contributed by atoms with van der Waals surface area (Å²) in [4.78, 5) is 2.39. The van der Waals surface area contributed by atoms with Crippen LogP contribution >= 0.6 is 8.58 Å². The van der Waals surface area contributed by atoms with Crippen molar-refractivity contribution in [3.8, 4) is 0 Å². The van der Waals surface area contributed by atoms with Crippen molar-refractivity contribution in [2.45, 2.75) is 45.3 Å². The molecule has 2 unspecified atom stereocenters. The molecule has 1 heterocycles. The van der Waals surface area contributed by atoms with Crippen molar-refractivity contribution < 1.29 is 0 Å². The van der Waals surface area contributed by atoms with Crippen molar-refractivity contribution >= 4 is 14.3 Å². The fourth-order valence-electron chi connectivity index (χ4n) is 3.29. The summed E-state index contributed by atoms with van der Waals surface area (Å²) in [5, 5.41) is 3.53. The first-order chi connectivity index (χ1) is 11.3. The summed E-state index contributed by atoms with van der Waals surface area (Å²) in [5.74, 6) is 0. The van der Waals surface area contributed by atoms with Crippen LogP contribution in [0.3, 0.4) is 0 Å². The molecule has 0 aromatic heterocycles. The molecule has 1 aliphatic heterocycles. The quantitative estimate of drug-likeness (QED) is 0.705. The monoisotopic (exact) mass is 343 g/mol. The third kappa shape index (κ3) is 4.42. The summed E-state index contributed by atoms with van der Waals surface area (Å²) in [7, 11) is 0.515. The molecular formula is C20H30N3P. The van der Waals surface area contributed by atoms with Gasteiger partial charge in [-0.2, -0.15) is 0 Å². The van der Waals surface area contributed by atoms with Crippen molar-refractivity contribution in [3.63, 3.8) is 0 Å². The Morgan fingerprint density at radius 1 is 1.33 bits per heavy atom. The summed E-state index contributed by atoms with van der Waals surface area (Å²) in [5.41, 5.74) is 12.7. The number of nitrogens with zero attached hydrogens (tertiary/aromatic N) is 1. The normalized spacial score (nSPS) is 18.8. The van der Waals surface area contributed by atoms with Crippen LogP contribution in [-0.2, 0) is 0 Å². The third-order valence-electron chi connectivity index (χ3n) is 4.60. The van der Waals surface area contributed by atoms with Crippen LogP contribution in [0.25, 0.3) is 0 Å². The molecular weight excluding hydrogens is 313 g/mol. The molecule has 1 aliphatic rings.